The summed E-state index contributed by atoms with van der Waals surface area (Å²) in [7, 11) is 0. The van der Waals surface area contributed by atoms with Gasteiger partial charge in [-0.3, -0.25) is 0 Å². The number of alkyl halides is 1. The molecule has 0 amide bonds. The normalized spacial score (nSPS) is 12.5. The van der Waals surface area contributed by atoms with E-state index in [4.69, 9.17) is 20.4 Å². The Kier molecular flexibility index (Phi) is 3.09. The van der Waals surface area contributed by atoms with Crippen molar-refractivity contribution in [1.82, 2.24) is 10.2 Å². The van der Waals surface area contributed by atoms with Crippen LogP contribution in [0, 0.1) is 6.92 Å². The fourth-order valence-electron chi connectivity index (χ4n) is 1.75. The zero-order valence-electron chi connectivity index (χ0n) is 10.2. The fraction of sp³-hybridized carbons (Fsp3) is 0.143. The highest BCUT2D eigenvalue weighted by atomic mass is 35.5. The Morgan fingerprint density at radius 2 is 1.79 bits per heavy atom. The third-order valence-electron chi connectivity index (χ3n) is 2.70. The Morgan fingerprint density at radius 3 is 2.47 bits per heavy atom. The van der Waals surface area contributed by atoms with Gasteiger partial charge in [-0.15, -0.1) is 21.8 Å². The van der Waals surface area contributed by atoms with E-state index in [-0.39, 0.29) is 0 Å². The molecule has 4 nitrogen and oxygen atoms in total. The van der Waals surface area contributed by atoms with Crippen LogP contribution < -0.4 is 0 Å². The molecule has 3 aromatic rings. The summed E-state index contributed by atoms with van der Waals surface area (Å²) in [6.07, 6.45) is 0. The minimum absolute atomic E-state index is 0.338. The summed E-state index contributed by atoms with van der Waals surface area (Å²) >= 11 is 6.31. The van der Waals surface area contributed by atoms with Crippen LogP contribution in [0.5, 0.6) is 0 Å². The van der Waals surface area contributed by atoms with Crippen molar-refractivity contribution in [2.45, 2.75) is 12.3 Å². The lowest BCUT2D eigenvalue weighted by Gasteiger charge is -2.03. The molecule has 1 aromatic carbocycles. The number of hydrogen-bond acceptors (Lipinski definition) is 4. The molecule has 0 saturated carbocycles. The summed E-state index contributed by atoms with van der Waals surface area (Å²) in [6.45, 7) is 1.86. The van der Waals surface area contributed by atoms with E-state index in [2.05, 4.69) is 10.2 Å². The van der Waals surface area contributed by atoms with Gasteiger partial charge in [0.1, 0.15) is 11.1 Å². The highest BCUT2D eigenvalue weighted by Gasteiger charge is 2.19. The van der Waals surface area contributed by atoms with Crippen molar-refractivity contribution in [2.24, 2.45) is 0 Å². The smallest absolute Gasteiger partial charge is 0.283 e. The number of aromatic nitrogens is 2. The van der Waals surface area contributed by atoms with Crippen LogP contribution in [0.15, 0.2) is 51.3 Å². The van der Waals surface area contributed by atoms with Crippen LogP contribution in [0.2, 0.25) is 0 Å². The molecule has 0 radical (unpaired) electrons. The average molecular weight is 275 g/mol. The van der Waals surface area contributed by atoms with Gasteiger partial charge in [-0.05, 0) is 24.6 Å². The first kappa shape index (κ1) is 12.0. The lowest BCUT2D eigenvalue weighted by molar-refractivity contribution is 0.476. The summed E-state index contributed by atoms with van der Waals surface area (Å²) < 4.78 is 11.0. The van der Waals surface area contributed by atoms with E-state index >= 15 is 0 Å². The van der Waals surface area contributed by atoms with E-state index in [1.807, 2.05) is 43.3 Å². The maximum Gasteiger partial charge on any atom is 0.283 e. The molecule has 2 heterocycles. The Morgan fingerprint density at radius 1 is 1.00 bits per heavy atom. The molecule has 0 N–H and O–H groups in total. The SMILES string of the molecule is Cc1ccc(-c2nnc(C(Cl)c3ccccc3)o2)o1. The highest BCUT2D eigenvalue weighted by Crippen LogP contribution is 2.30. The summed E-state index contributed by atoms with van der Waals surface area (Å²) in [5.41, 5.74) is 0.912. The molecule has 1 unspecified atom stereocenters. The standard InChI is InChI=1S/C14H11ClN2O2/c1-9-7-8-11(18-9)13-16-17-14(19-13)12(15)10-5-3-2-4-6-10/h2-8,12H,1H3. The van der Waals surface area contributed by atoms with Gasteiger partial charge in [0.15, 0.2) is 5.76 Å². The molecule has 5 heteroatoms. The molecule has 96 valence electrons. The topological polar surface area (TPSA) is 52.1 Å². The van der Waals surface area contributed by atoms with Crippen molar-refractivity contribution in [3.8, 4) is 11.7 Å². The van der Waals surface area contributed by atoms with Crippen molar-refractivity contribution in [2.75, 3.05) is 0 Å². The van der Waals surface area contributed by atoms with E-state index in [1.54, 1.807) is 6.07 Å². The molecule has 0 bridgehead atoms. The number of furan rings is 1. The van der Waals surface area contributed by atoms with Crippen LogP contribution in [-0.4, -0.2) is 10.2 Å². The van der Waals surface area contributed by atoms with E-state index in [1.165, 1.54) is 0 Å². The summed E-state index contributed by atoms with van der Waals surface area (Å²) in [5.74, 6) is 2.04. The van der Waals surface area contributed by atoms with Gasteiger partial charge in [0.05, 0.1) is 0 Å². The lowest BCUT2D eigenvalue weighted by Crippen LogP contribution is -1.92. The van der Waals surface area contributed by atoms with Crippen LogP contribution >= 0.6 is 11.6 Å². The molecular formula is C14H11ClN2O2. The lowest BCUT2D eigenvalue weighted by atomic mass is 10.1. The average Bonchev–Trinajstić information content (AvgIpc) is 3.07. The monoisotopic (exact) mass is 274 g/mol. The first-order chi connectivity index (χ1) is 9.24. The third-order valence-corrected chi connectivity index (χ3v) is 3.14. The van der Waals surface area contributed by atoms with Gasteiger partial charge in [-0.1, -0.05) is 30.3 Å². The van der Waals surface area contributed by atoms with Crippen LogP contribution in [-0.2, 0) is 0 Å². The van der Waals surface area contributed by atoms with Crippen LogP contribution in [0.3, 0.4) is 0 Å². The Balaban J connectivity index is 1.89. The maximum absolute atomic E-state index is 6.31. The zero-order valence-corrected chi connectivity index (χ0v) is 11.0. The number of aryl methyl sites for hydroxylation is 1. The zero-order chi connectivity index (χ0) is 13.2. The molecule has 0 fully saturated rings. The predicted molar refractivity (Wildman–Crippen MR) is 70.9 cm³/mol. The summed E-state index contributed by atoms with van der Waals surface area (Å²) in [6, 6.07) is 13.2. The largest absolute Gasteiger partial charge is 0.456 e. The van der Waals surface area contributed by atoms with Gasteiger partial charge in [0.2, 0.25) is 5.89 Å². The fourth-order valence-corrected chi connectivity index (χ4v) is 1.98. The first-order valence-corrected chi connectivity index (χ1v) is 6.27. The molecule has 1 atom stereocenters. The van der Waals surface area contributed by atoms with Crippen molar-refractivity contribution < 1.29 is 8.83 Å². The predicted octanol–water partition coefficient (Wildman–Crippen LogP) is 3.97. The van der Waals surface area contributed by atoms with E-state index < -0.39 is 5.38 Å². The summed E-state index contributed by atoms with van der Waals surface area (Å²) in [5, 5.41) is 7.46. The molecule has 0 aliphatic heterocycles. The van der Waals surface area contributed by atoms with Gasteiger partial charge >= 0.3 is 0 Å². The van der Waals surface area contributed by atoms with E-state index in [0.29, 0.717) is 17.5 Å². The molecule has 3 rings (SSSR count). The highest BCUT2D eigenvalue weighted by molar-refractivity contribution is 6.22. The Hall–Kier alpha value is -2.07. The Bertz CT molecular complexity index is 676. The second-order valence-electron chi connectivity index (χ2n) is 4.13. The maximum atomic E-state index is 6.31. The molecule has 19 heavy (non-hydrogen) atoms. The second kappa shape index (κ2) is 4.90. The number of halogens is 1. The van der Waals surface area contributed by atoms with Crippen molar-refractivity contribution in [3.63, 3.8) is 0 Å². The van der Waals surface area contributed by atoms with E-state index in [0.717, 1.165) is 11.3 Å². The minimum Gasteiger partial charge on any atom is -0.456 e. The van der Waals surface area contributed by atoms with Gasteiger partial charge in [-0.2, -0.15) is 0 Å². The van der Waals surface area contributed by atoms with Gasteiger partial charge in [0, 0.05) is 0 Å². The van der Waals surface area contributed by atoms with Crippen molar-refractivity contribution >= 4 is 11.6 Å². The van der Waals surface area contributed by atoms with Crippen LogP contribution in [0.1, 0.15) is 22.6 Å². The minimum atomic E-state index is -0.460. The first-order valence-electron chi connectivity index (χ1n) is 5.83. The van der Waals surface area contributed by atoms with Gasteiger partial charge in [0.25, 0.3) is 5.89 Å². The van der Waals surface area contributed by atoms with Crippen LogP contribution in [0.25, 0.3) is 11.7 Å². The van der Waals surface area contributed by atoms with Crippen LogP contribution in [0.4, 0.5) is 0 Å². The molecule has 2 aromatic heterocycles. The van der Waals surface area contributed by atoms with E-state index in [9.17, 15) is 0 Å². The van der Waals surface area contributed by atoms with Crippen molar-refractivity contribution in [1.29, 1.82) is 0 Å². The number of nitrogens with zero attached hydrogens (tertiary/aromatic N) is 2. The quantitative estimate of drug-likeness (QED) is 0.678. The second-order valence-corrected chi connectivity index (χ2v) is 4.57. The van der Waals surface area contributed by atoms with Gasteiger partial charge < -0.3 is 8.83 Å². The Labute approximate surface area is 115 Å². The molecule has 0 saturated heterocycles. The molecule has 0 aliphatic carbocycles. The molecular weight excluding hydrogens is 264 g/mol. The number of benzene rings is 1. The summed E-state index contributed by atoms with van der Waals surface area (Å²) in [4.78, 5) is 0. The number of hydrogen-bond donors (Lipinski definition) is 0. The molecule has 0 spiro atoms. The number of rotatable bonds is 3. The van der Waals surface area contributed by atoms with Crippen molar-refractivity contribution in [3.05, 3.63) is 59.7 Å². The molecule has 0 aliphatic rings. The third kappa shape index (κ3) is 2.39. The van der Waals surface area contributed by atoms with Gasteiger partial charge in [-0.25, -0.2) is 0 Å².